The van der Waals surface area contributed by atoms with E-state index in [-0.39, 0.29) is 25.4 Å². The highest BCUT2D eigenvalue weighted by molar-refractivity contribution is 5.81. The predicted octanol–water partition coefficient (Wildman–Crippen LogP) is 4.50. The number of aliphatic hydroxyl groups is 1. The monoisotopic (exact) mass is 355 g/mol. The van der Waals surface area contributed by atoms with Gasteiger partial charge in [0.25, 0.3) is 0 Å². The van der Waals surface area contributed by atoms with Crippen LogP contribution in [0.3, 0.4) is 0 Å². The van der Waals surface area contributed by atoms with Gasteiger partial charge in [-0.1, -0.05) is 57.9 Å². The molecule has 5 heteroatoms. The first-order valence-electron chi connectivity index (χ1n) is 9.90. The molecule has 5 nitrogen and oxygen atoms in total. The molecule has 0 aromatic heterocycles. The van der Waals surface area contributed by atoms with Crippen LogP contribution in [0, 0.1) is 0 Å². The highest BCUT2D eigenvalue weighted by atomic mass is 16.4. The predicted molar refractivity (Wildman–Crippen MR) is 101 cm³/mol. The summed E-state index contributed by atoms with van der Waals surface area (Å²) in [5.74, 6) is -1.11. The number of nitrogens with zero attached hydrogens (tertiary/aromatic N) is 1. The van der Waals surface area contributed by atoms with Crippen LogP contribution in [-0.2, 0) is 9.59 Å². The van der Waals surface area contributed by atoms with Crippen LogP contribution in [-0.4, -0.2) is 40.1 Å². The Kier molecular flexibility index (Phi) is 16.5. The number of aliphatic hydroxyl groups excluding tert-OH is 1. The van der Waals surface area contributed by atoms with Gasteiger partial charge in [0.05, 0.1) is 6.42 Å². The molecule has 0 radical (unpaired) electrons. The maximum Gasteiger partial charge on any atom is 0.303 e. The van der Waals surface area contributed by atoms with Gasteiger partial charge in [-0.25, -0.2) is 0 Å². The molecule has 0 heterocycles. The van der Waals surface area contributed by atoms with Gasteiger partial charge in [-0.05, 0) is 25.7 Å². The van der Waals surface area contributed by atoms with E-state index >= 15 is 0 Å². The number of carbonyl (C=O) groups excluding carboxylic acids is 1. The smallest absolute Gasteiger partial charge is 0.303 e. The minimum Gasteiger partial charge on any atom is -0.481 e. The van der Waals surface area contributed by atoms with E-state index < -0.39 is 5.97 Å². The lowest BCUT2D eigenvalue weighted by atomic mass is 10.1. The van der Waals surface area contributed by atoms with Gasteiger partial charge in [0.15, 0.2) is 0 Å². The third kappa shape index (κ3) is 15.9. The van der Waals surface area contributed by atoms with Crippen LogP contribution in [0.25, 0.3) is 0 Å². The number of rotatable bonds is 17. The van der Waals surface area contributed by atoms with Crippen molar-refractivity contribution in [3.05, 3.63) is 12.3 Å². The van der Waals surface area contributed by atoms with Crippen molar-refractivity contribution in [1.29, 1.82) is 0 Å². The van der Waals surface area contributed by atoms with Crippen LogP contribution in [0.4, 0.5) is 0 Å². The van der Waals surface area contributed by atoms with Crippen molar-refractivity contribution in [2.75, 3.05) is 13.2 Å². The van der Waals surface area contributed by atoms with Crippen molar-refractivity contribution in [3.8, 4) is 0 Å². The average molecular weight is 356 g/mol. The zero-order valence-electron chi connectivity index (χ0n) is 15.9. The quantitative estimate of drug-likeness (QED) is 0.377. The molecule has 0 atom stereocenters. The Morgan fingerprint density at radius 3 is 2.12 bits per heavy atom. The Hall–Kier alpha value is -1.36. The first-order valence-corrected chi connectivity index (χ1v) is 9.90. The summed E-state index contributed by atoms with van der Waals surface area (Å²) in [4.78, 5) is 24.3. The second-order valence-electron chi connectivity index (χ2n) is 6.56. The van der Waals surface area contributed by atoms with Crippen LogP contribution >= 0.6 is 0 Å². The largest absolute Gasteiger partial charge is 0.481 e. The average Bonchev–Trinajstić information content (AvgIpc) is 2.59. The number of carbonyl (C=O) groups is 2. The summed E-state index contributed by atoms with van der Waals surface area (Å²) in [5.41, 5.74) is 0. The van der Waals surface area contributed by atoms with E-state index in [2.05, 4.69) is 6.92 Å². The third-order valence-electron chi connectivity index (χ3n) is 4.19. The molecule has 25 heavy (non-hydrogen) atoms. The Morgan fingerprint density at radius 1 is 0.880 bits per heavy atom. The fraction of sp³-hybridized carbons (Fsp3) is 0.800. The second kappa shape index (κ2) is 17.5. The van der Waals surface area contributed by atoms with Crippen molar-refractivity contribution in [1.82, 2.24) is 4.90 Å². The van der Waals surface area contributed by atoms with Crippen LogP contribution < -0.4 is 0 Å². The van der Waals surface area contributed by atoms with Gasteiger partial charge in [-0.3, -0.25) is 9.59 Å². The first-order chi connectivity index (χ1) is 12.1. The first kappa shape index (κ1) is 23.6. The Bertz CT molecular complexity index is 369. The molecule has 146 valence electrons. The summed E-state index contributed by atoms with van der Waals surface area (Å²) in [6.07, 6.45) is 16.2. The van der Waals surface area contributed by atoms with Crippen LogP contribution in [0.5, 0.6) is 0 Å². The molecular weight excluding hydrogens is 318 g/mol. The number of carboxylic acid groups (broad SMARTS) is 1. The van der Waals surface area contributed by atoms with E-state index in [1.807, 2.05) is 6.08 Å². The standard InChI is InChI=1S/C20H37NO4/c1-2-3-4-5-6-7-8-9-10-11-16-21(17-12-13-18-22)19(23)14-15-20(24)25/h11,16,22H,2-10,12-15,17-18H2,1H3,(H,24,25). The normalized spacial score (nSPS) is 11.1. The van der Waals surface area contributed by atoms with Crippen molar-refractivity contribution in [2.45, 2.75) is 90.4 Å². The minimum atomic E-state index is -0.952. The molecule has 0 aliphatic rings. The third-order valence-corrected chi connectivity index (χ3v) is 4.19. The van der Waals surface area contributed by atoms with Crippen molar-refractivity contribution in [2.24, 2.45) is 0 Å². The number of aliphatic carboxylic acids is 1. The highest BCUT2D eigenvalue weighted by Crippen LogP contribution is 2.10. The van der Waals surface area contributed by atoms with Gasteiger partial charge in [-0.15, -0.1) is 0 Å². The minimum absolute atomic E-state index is 0.0244. The second-order valence-corrected chi connectivity index (χ2v) is 6.56. The molecule has 0 aromatic carbocycles. The number of allylic oxidation sites excluding steroid dienone is 1. The van der Waals surface area contributed by atoms with E-state index in [1.54, 1.807) is 11.1 Å². The summed E-state index contributed by atoms with van der Waals surface area (Å²) in [6, 6.07) is 0. The maximum absolute atomic E-state index is 12.1. The molecule has 0 saturated heterocycles. The summed E-state index contributed by atoms with van der Waals surface area (Å²) >= 11 is 0. The highest BCUT2D eigenvalue weighted by Gasteiger charge is 2.12. The Balaban J connectivity index is 3.98. The van der Waals surface area contributed by atoms with Crippen molar-refractivity contribution < 1.29 is 19.8 Å². The van der Waals surface area contributed by atoms with Crippen LogP contribution in [0.2, 0.25) is 0 Å². The molecule has 0 spiro atoms. The zero-order chi connectivity index (χ0) is 18.8. The zero-order valence-corrected chi connectivity index (χ0v) is 15.9. The summed E-state index contributed by atoms with van der Waals surface area (Å²) in [6.45, 7) is 2.87. The molecule has 0 aliphatic heterocycles. The van der Waals surface area contributed by atoms with Gasteiger partial charge in [-0.2, -0.15) is 0 Å². The van der Waals surface area contributed by atoms with E-state index in [0.717, 1.165) is 19.3 Å². The maximum atomic E-state index is 12.1. The fourth-order valence-electron chi connectivity index (χ4n) is 2.63. The fourth-order valence-corrected chi connectivity index (χ4v) is 2.63. The van der Waals surface area contributed by atoms with E-state index in [1.165, 1.54) is 44.9 Å². The molecule has 0 unspecified atom stereocenters. The van der Waals surface area contributed by atoms with E-state index in [0.29, 0.717) is 13.0 Å². The lowest BCUT2D eigenvalue weighted by Crippen LogP contribution is -2.27. The van der Waals surface area contributed by atoms with Gasteiger partial charge >= 0.3 is 5.97 Å². The van der Waals surface area contributed by atoms with Gasteiger partial charge in [0.1, 0.15) is 0 Å². The lowest BCUT2D eigenvalue weighted by Gasteiger charge is -2.18. The van der Waals surface area contributed by atoms with Gasteiger partial charge < -0.3 is 15.1 Å². The summed E-state index contributed by atoms with van der Waals surface area (Å²) in [5, 5.41) is 17.6. The molecule has 2 N–H and O–H groups in total. The van der Waals surface area contributed by atoms with Crippen LogP contribution in [0.1, 0.15) is 90.4 Å². The molecule has 1 amide bonds. The van der Waals surface area contributed by atoms with Crippen LogP contribution in [0.15, 0.2) is 12.3 Å². The molecule has 0 bridgehead atoms. The Morgan fingerprint density at radius 2 is 1.52 bits per heavy atom. The number of hydrogen-bond donors (Lipinski definition) is 2. The van der Waals surface area contributed by atoms with Crippen molar-refractivity contribution in [3.63, 3.8) is 0 Å². The molecule has 0 aliphatic carbocycles. The molecule has 0 rings (SSSR count). The SMILES string of the molecule is CCCCCCCCCCC=CN(CCCCO)C(=O)CCC(=O)O. The molecule has 0 saturated carbocycles. The number of unbranched alkanes of at least 4 members (excludes halogenated alkanes) is 9. The summed E-state index contributed by atoms with van der Waals surface area (Å²) < 4.78 is 0. The van der Waals surface area contributed by atoms with E-state index in [9.17, 15) is 9.59 Å². The molecule has 0 aromatic rings. The molecule has 0 fully saturated rings. The number of carboxylic acids is 1. The lowest BCUT2D eigenvalue weighted by molar-refractivity contribution is -0.140. The summed E-state index contributed by atoms with van der Waals surface area (Å²) in [7, 11) is 0. The number of hydrogen-bond acceptors (Lipinski definition) is 3. The van der Waals surface area contributed by atoms with Gasteiger partial charge in [0, 0.05) is 25.8 Å². The Labute approximate surface area is 153 Å². The van der Waals surface area contributed by atoms with Gasteiger partial charge in [0.2, 0.25) is 5.91 Å². The van der Waals surface area contributed by atoms with E-state index in [4.69, 9.17) is 10.2 Å². The number of amides is 1. The topological polar surface area (TPSA) is 77.8 Å². The van der Waals surface area contributed by atoms with Crippen molar-refractivity contribution >= 4 is 11.9 Å². The molecular formula is C20H37NO4.